The number of rotatable bonds is 6. The van der Waals surface area contributed by atoms with Crippen LogP contribution in [0.1, 0.15) is 13.3 Å². The molecule has 98 valence electrons. The standard InChI is InChI=1S/C10H20N4O2S/c1-4-7(8(11)17)9(15)12-5-6-13-10(16)14(2)3/h7H,4-6H2,1-3H3,(H2,11,17)(H,12,15)(H,13,16). The minimum atomic E-state index is -0.436. The van der Waals surface area contributed by atoms with Gasteiger partial charge in [-0.05, 0) is 6.42 Å². The average Bonchev–Trinajstić information content (AvgIpc) is 2.24. The van der Waals surface area contributed by atoms with Crippen LogP contribution in [0.15, 0.2) is 0 Å². The summed E-state index contributed by atoms with van der Waals surface area (Å²) in [5, 5.41) is 5.30. The molecule has 0 heterocycles. The molecule has 0 aliphatic rings. The van der Waals surface area contributed by atoms with Crippen LogP contribution in [0, 0.1) is 5.92 Å². The fourth-order valence-corrected chi connectivity index (χ4v) is 1.43. The van der Waals surface area contributed by atoms with Crippen LogP contribution in [0.25, 0.3) is 0 Å². The molecule has 17 heavy (non-hydrogen) atoms. The number of hydrogen-bond donors (Lipinski definition) is 3. The van der Waals surface area contributed by atoms with Crippen LogP contribution in [0.2, 0.25) is 0 Å². The van der Waals surface area contributed by atoms with Crippen molar-refractivity contribution in [3.63, 3.8) is 0 Å². The van der Waals surface area contributed by atoms with E-state index in [1.165, 1.54) is 4.90 Å². The molecule has 0 aromatic heterocycles. The molecule has 0 aliphatic heterocycles. The molecule has 0 bridgehead atoms. The molecule has 1 atom stereocenters. The van der Waals surface area contributed by atoms with E-state index < -0.39 is 5.92 Å². The van der Waals surface area contributed by atoms with Crippen LogP contribution in [0.3, 0.4) is 0 Å². The fourth-order valence-electron chi connectivity index (χ4n) is 1.15. The van der Waals surface area contributed by atoms with Crippen molar-refractivity contribution in [3.05, 3.63) is 0 Å². The molecular weight excluding hydrogens is 240 g/mol. The van der Waals surface area contributed by atoms with E-state index in [9.17, 15) is 9.59 Å². The zero-order valence-corrected chi connectivity index (χ0v) is 11.3. The summed E-state index contributed by atoms with van der Waals surface area (Å²) in [5.41, 5.74) is 5.43. The van der Waals surface area contributed by atoms with E-state index in [1.807, 2.05) is 6.92 Å². The predicted octanol–water partition coefficient (Wildman–Crippen LogP) is -0.314. The van der Waals surface area contributed by atoms with Gasteiger partial charge in [0.1, 0.15) is 0 Å². The van der Waals surface area contributed by atoms with E-state index >= 15 is 0 Å². The number of carbonyl (C=O) groups is 2. The van der Waals surface area contributed by atoms with Crippen LogP contribution in [0.4, 0.5) is 4.79 Å². The highest BCUT2D eigenvalue weighted by Gasteiger charge is 2.18. The van der Waals surface area contributed by atoms with E-state index in [2.05, 4.69) is 10.6 Å². The SMILES string of the molecule is CCC(C(=O)NCCNC(=O)N(C)C)C(N)=S. The Balaban J connectivity index is 3.86. The highest BCUT2D eigenvalue weighted by Crippen LogP contribution is 2.02. The van der Waals surface area contributed by atoms with Crippen molar-refractivity contribution in [1.82, 2.24) is 15.5 Å². The Kier molecular flexibility index (Phi) is 7.20. The second-order valence-electron chi connectivity index (χ2n) is 3.78. The Morgan fingerprint density at radius 2 is 1.82 bits per heavy atom. The lowest BCUT2D eigenvalue weighted by atomic mass is 10.1. The minimum Gasteiger partial charge on any atom is -0.393 e. The molecule has 0 fully saturated rings. The summed E-state index contributed by atoms with van der Waals surface area (Å²) in [6, 6.07) is -0.194. The van der Waals surface area contributed by atoms with Gasteiger partial charge in [0.2, 0.25) is 5.91 Å². The highest BCUT2D eigenvalue weighted by molar-refractivity contribution is 7.80. The number of hydrogen-bond acceptors (Lipinski definition) is 3. The molecule has 7 heteroatoms. The largest absolute Gasteiger partial charge is 0.393 e. The number of nitrogens with zero attached hydrogens (tertiary/aromatic N) is 1. The third-order valence-corrected chi connectivity index (χ3v) is 2.46. The topological polar surface area (TPSA) is 87.5 Å². The molecule has 0 radical (unpaired) electrons. The number of carbonyl (C=O) groups excluding carboxylic acids is 2. The highest BCUT2D eigenvalue weighted by atomic mass is 32.1. The van der Waals surface area contributed by atoms with Crippen LogP contribution < -0.4 is 16.4 Å². The van der Waals surface area contributed by atoms with Gasteiger partial charge in [0.25, 0.3) is 0 Å². The van der Waals surface area contributed by atoms with Gasteiger partial charge < -0.3 is 21.3 Å². The molecule has 6 nitrogen and oxygen atoms in total. The number of nitrogens with two attached hydrogens (primary N) is 1. The summed E-state index contributed by atoms with van der Waals surface area (Å²) < 4.78 is 0. The van der Waals surface area contributed by atoms with E-state index in [0.29, 0.717) is 19.5 Å². The van der Waals surface area contributed by atoms with Gasteiger partial charge in [-0.1, -0.05) is 19.1 Å². The van der Waals surface area contributed by atoms with Crippen LogP contribution in [-0.2, 0) is 4.79 Å². The second kappa shape index (κ2) is 7.83. The number of urea groups is 1. The molecule has 0 saturated heterocycles. The Morgan fingerprint density at radius 3 is 2.24 bits per heavy atom. The first kappa shape index (κ1) is 15.6. The zero-order chi connectivity index (χ0) is 13.4. The van der Waals surface area contributed by atoms with E-state index in [-0.39, 0.29) is 16.9 Å². The van der Waals surface area contributed by atoms with Crippen LogP contribution in [0.5, 0.6) is 0 Å². The van der Waals surface area contributed by atoms with Gasteiger partial charge in [-0.2, -0.15) is 0 Å². The second-order valence-corrected chi connectivity index (χ2v) is 4.25. The molecule has 0 aromatic carbocycles. The lowest BCUT2D eigenvalue weighted by Crippen LogP contribution is -2.43. The summed E-state index contributed by atoms with van der Waals surface area (Å²) in [7, 11) is 3.29. The number of nitrogens with one attached hydrogen (secondary N) is 2. The van der Waals surface area contributed by atoms with Crippen LogP contribution in [-0.4, -0.2) is 49.0 Å². The smallest absolute Gasteiger partial charge is 0.316 e. The zero-order valence-electron chi connectivity index (χ0n) is 10.4. The first-order valence-electron chi connectivity index (χ1n) is 5.42. The quantitative estimate of drug-likeness (QED) is 0.451. The Hall–Kier alpha value is -1.37. The molecule has 0 aliphatic carbocycles. The van der Waals surface area contributed by atoms with E-state index in [1.54, 1.807) is 14.1 Å². The van der Waals surface area contributed by atoms with Crippen molar-refractivity contribution < 1.29 is 9.59 Å². The van der Waals surface area contributed by atoms with Gasteiger partial charge in [-0.15, -0.1) is 0 Å². The average molecular weight is 260 g/mol. The summed E-state index contributed by atoms with van der Waals surface area (Å²) in [4.78, 5) is 24.4. The van der Waals surface area contributed by atoms with Gasteiger partial charge >= 0.3 is 6.03 Å². The molecule has 0 rings (SSSR count). The van der Waals surface area contributed by atoms with E-state index in [4.69, 9.17) is 18.0 Å². The maximum absolute atomic E-state index is 11.6. The monoisotopic (exact) mass is 260 g/mol. The molecule has 1 unspecified atom stereocenters. The lowest BCUT2D eigenvalue weighted by molar-refractivity contribution is -0.123. The summed E-state index contributed by atoms with van der Waals surface area (Å²) in [6.07, 6.45) is 0.575. The van der Waals surface area contributed by atoms with Crippen molar-refractivity contribution in [2.75, 3.05) is 27.2 Å². The van der Waals surface area contributed by atoms with Gasteiger partial charge in [-0.3, -0.25) is 4.79 Å². The third-order valence-electron chi connectivity index (χ3n) is 2.17. The third kappa shape index (κ3) is 6.06. The van der Waals surface area contributed by atoms with Crippen molar-refractivity contribution in [3.8, 4) is 0 Å². The Morgan fingerprint density at radius 1 is 1.29 bits per heavy atom. The van der Waals surface area contributed by atoms with Gasteiger partial charge in [0.05, 0.1) is 10.9 Å². The van der Waals surface area contributed by atoms with Gasteiger partial charge in [0.15, 0.2) is 0 Å². The minimum absolute atomic E-state index is 0.194. The van der Waals surface area contributed by atoms with Crippen molar-refractivity contribution in [2.24, 2.45) is 11.7 Å². The lowest BCUT2D eigenvalue weighted by Gasteiger charge is -2.15. The van der Waals surface area contributed by atoms with Gasteiger partial charge in [-0.25, -0.2) is 4.79 Å². The number of amides is 3. The van der Waals surface area contributed by atoms with Gasteiger partial charge in [0, 0.05) is 27.2 Å². The predicted molar refractivity (Wildman–Crippen MR) is 70.7 cm³/mol. The fraction of sp³-hybridized carbons (Fsp3) is 0.700. The van der Waals surface area contributed by atoms with Crippen molar-refractivity contribution in [2.45, 2.75) is 13.3 Å². The van der Waals surface area contributed by atoms with Crippen molar-refractivity contribution in [1.29, 1.82) is 0 Å². The Labute approximate surface area is 107 Å². The van der Waals surface area contributed by atoms with Crippen molar-refractivity contribution >= 4 is 29.1 Å². The first-order chi connectivity index (χ1) is 7.90. The molecule has 4 N–H and O–H groups in total. The molecule has 0 spiro atoms. The summed E-state index contributed by atoms with van der Waals surface area (Å²) in [5.74, 6) is -0.631. The normalized spacial score (nSPS) is 11.5. The maximum Gasteiger partial charge on any atom is 0.316 e. The maximum atomic E-state index is 11.6. The number of thiocarbonyl (C=S) groups is 1. The molecule has 0 aromatic rings. The Bertz CT molecular complexity index is 294. The molecule has 0 saturated carbocycles. The molecule has 3 amide bonds. The first-order valence-corrected chi connectivity index (χ1v) is 5.83. The summed E-state index contributed by atoms with van der Waals surface area (Å²) in [6.45, 7) is 2.57. The summed E-state index contributed by atoms with van der Waals surface area (Å²) >= 11 is 4.79. The van der Waals surface area contributed by atoms with E-state index in [0.717, 1.165) is 0 Å². The van der Waals surface area contributed by atoms with Crippen LogP contribution >= 0.6 is 12.2 Å². The molecular formula is C10H20N4O2S.